The van der Waals surface area contributed by atoms with Gasteiger partial charge in [0.05, 0.1) is 12.5 Å². The normalized spacial score (nSPS) is 16.0. The minimum Gasteiger partial charge on any atom is -0.491 e. The molecule has 1 saturated heterocycles. The van der Waals surface area contributed by atoms with E-state index in [1.807, 2.05) is 61.5 Å². The van der Waals surface area contributed by atoms with Crippen LogP contribution in [0.1, 0.15) is 35.2 Å². The zero-order chi connectivity index (χ0) is 22.3. The van der Waals surface area contributed by atoms with Gasteiger partial charge in [-0.25, -0.2) is 0 Å². The number of fused-ring (bicyclic) bond motifs is 1. The quantitative estimate of drug-likeness (QED) is 0.575. The second-order valence-electron chi connectivity index (χ2n) is 8.28. The number of nitrogens with zero attached hydrogens (tertiary/aromatic N) is 2. The lowest BCUT2D eigenvalue weighted by Crippen LogP contribution is -2.45. The second kappa shape index (κ2) is 10.3. The Morgan fingerprint density at radius 3 is 2.78 bits per heavy atom. The van der Waals surface area contributed by atoms with Crippen LogP contribution in [0.4, 0.5) is 0 Å². The van der Waals surface area contributed by atoms with E-state index in [1.54, 1.807) is 11.1 Å². The summed E-state index contributed by atoms with van der Waals surface area (Å²) in [7, 11) is 0. The van der Waals surface area contributed by atoms with Crippen LogP contribution in [-0.2, 0) is 4.79 Å². The molecule has 0 saturated carbocycles. The lowest BCUT2D eigenvalue weighted by molar-refractivity contribution is -0.126. The molecule has 0 spiro atoms. The van der Waals surface area contributed by atoms with Crippen molar-refractivity contribution < 1.29 is 14.3 Å². The molecule has 1 N–H and O–H groups in total. The highest BCUT2D eigenvalue weighted by atomic mass is 16.5. The summed E-state index contributed by atoms with van der Waals surface area (Å²) < 4.78 is 5.89. The van der Waals surface area contributed by atoms with Crippen LogP contribution in [0.25, 0.3) is 10.9 Å². The third kappa shape index (κ3) is 5.25. The van der Waals surface area contributed by atoms with Crippen molar-refractivity contribution in [3.63, 3.8) is 0 Å². The number of hydrogen-bond acceptors (Lipinski definition) is 4. The molecule has 1 unspecified atom stereocenters. The van der Waals surface area contributed by atoms with Crippen molar-refractivity contribution in [1.82, 2.24) is 15.2 Å². The van der Waals surface area contributed by atoms with Crippen molar-refractivity contribution in [2.75, 3.05) is 26.2 Å². The van der Waals surface area contributed by atoms with E-state index in [4.69, 9.17) is 4.74 Å². The second-order valence-corrected chi connectivity index (χ2v) is 8.28. The Morgan fingerprint density at radius 1 is 1.12 bits per heavy atom. The predicted molar refractivity (Wildman–Crippen MR) is 125 cm³/mol. The fourth-order valence-electron chi connectivity index (χ4n) is 4.06. The zero-order valence-corrected chi connectivity index (χ0v) is 18.4. The number of nitrogens with one attached hydrogen (secondary N) is 1. The van der Waals surface area contributed by atoms with Gasteiger partial charge in [-0.15, -0.1) is 0 Å². The maximum atomic E-state index is 12.8. The molecule has 1 fully saturated rings. The van der Waals surface area contributed by atoms with E-state index in [1.165, 1.54) is 0 Å². The number of carbonyl (C=O) groups excluding carboxylic acids is 2. The molecule has 0 aliphatic carbocycles. The maximum absolute atomic E-state index is 12.8. The largest absolute Gasteiger partial charge is 0.491 e. The van der Waals surface area contributed by atoms with Crippen LogP contribution in [0.5, 0.6) is 5.75 Å². The monoisotopic (exact) mass is 431 g/mol. The van der Waals surface area contributed by atoms with Gasteiger partial charge in [-0.3, -0.25) is 14.6 Å². The summed E-state index contributed by atoms with van der Waals surface area (Å²) in [5.74, 6) is 0.603. The van der Waals surface area contributed by atoms with Gasteiger partial charge in [-0.05, 0) is 50.5 Å². The molecule has 2 aromatic carbocycles. The van der Waals surface area contributed by atoms with Gasteiger partial charge in [0.2, 0.25) is 5.91 Å². The van der Waals surface area contributed by atoms with E-state index < -0.39 is 0 Å². The molecule has 1 aromatic heterocycles. The number of ether oxygens (including phenoxy) is 1. The first-order valence-corrected chi connectivity index (χ1v) is 11.2. The SMILES string of the molecule is Cc1ccc(C(=O)N2CCCC(C(=O)NCCCOc3cccc4cccnc34)C2)cc1. The molecular weight excluding hydrogens is 402 g/mol. The third-order valence-corrected chi connectivity index (χ3v) is 5.85. The first-order chi connectivity index (χ1) is 15.6. The number of aryl methyl sites for hydroxylation is 1. The number of amides is 2. The van der Waals surface area contributed by atoms with E-state index in [2.05, 4.69) is 10.3 Å². The van der Waals surface area contributed by atoms with E-state index in [0.29, 0.717) is 38.2 Å². The molecule has 1 atom stereocenters. The van der Waals surface area contributed by atoms with Crippen LogP contribution in [-0.4, -0.2) is 47.9 Å². The van der Waals surface area contributed by atoms with Gasteiger partial charge in [0.15, 0.2) is 0 Å². The molecular formula is C26H29N3O3. The van der Waals surface area contributed by atoms with Gasteiger partial charge < -0.3 is 15.0 Å². The fourth-order valence-corrected chi connectivity index (χ4v) is 4.06. The highest BCUT2D eigenvalue weighted by Crippen LogP contribution is 2.23. The first-order valence-electron chi connectivity index (χ1n) is 11.2. The number of piperidine rings is 1. The molecule has 1 aliphatic rings. The number of pyridine rings is 1. The summed E-state index contributed by atoms with van der Waals surface area (Å²) >= 11 is 0. The van der Waals surface area contributed by atoms with Crippen LogP contribution in [0.3, 0.4) is 0 Å². The molecule has 2 amide bonds. The van der Waals surface area contributed by atoms with Gasteiger partial charge in [0, 0.05) is 36.8 Å². The van der Waals surface area contributed by atoms with Crippen molar-refractivity contribution in [3.05, 3.63) is 71.9 Å². The third-order valence-electron chi connectivity index (χ3n) is 5.85. The molecule has 4 rings (SSSR count). The Balaban J connectivity index is 1.22. The number of likely N-dealkylation sites (tertiary alicyclic amines) is 1. The topological polar surface area (TPSA) is 71.5 Å². The lowest BCUT2D eigenvalue weighted by atomic mass is 9.96. The average Bonchev–Trinajstić information content (AvgIpc) is 2.84. The first kappa shape index (κ1) is 21.8. The summed E-state index contributed by atoms with van der Waals surface area (Å²) in [6.45, 7) is 4.21. The summed E-state index contributed by atoms with van der Waals surface area (Å²) in [6.07, 6.45) is 4.11. The van der Waals surface area contributed by atoms with Crippen LogP contribution in [0.2, 0.25) is 0 Å². The molecule has 0 radical (unpaired) electrons. The molecule has 1 aliphatic heterocycles. The number of aromatic nitrogens is 1. The van der Waals surface area contributed by atoms with Crippen molar-refractivity contribution in [2.24, 2.45) is 5.92 Å². The molecule has 32 heavy (non-hydrogen) atoms. The fraction of sp³-hybridized carbons (Fsp3) is 0.346. The van der Waals surface area contributed by atoms with E-state index >= 15 is 0 Å². The van der Waals surface area contributed by atoms with Gasteiger partial charge in [0.25, 0.3) is 5.91 Å². The van der Waals surface area contributed by atoms with Crippen LogP contribution in [0.15, 0.2) is 60.8 Å². The molecule has 3 aromatic rings. The van der Waals surface area contributed by atoms with Gasteiger partial charge in [-0.1, -0.05) is 35.9 Å². The summed E-state index contributed by atoms with van der Waals surface area (Å²) in [5, 5.41) is 4.05. The Kier molecular flexibility index (Phi) is 7.00. The lowest BCUT2D eigenvalue weighted by Gasteiger charge is -2.32. The highest BCUT2D eigenvalue weighted by molar-refractivity contribution is 5.94. The Morgan fingerprint density at radius 2 is 1.94 bits per heavy atom. The van der Waals surface area contributed by atoms with Crippen LogP contribution < -0.4 is 10.1 Å². The van der Waals surface area contributed by atoms with Crippen molar-refractivity contribution in [3.8, 4) is 5.75 Å². The van der Waals surface area contributed by atoms with Crippen molar-refractivity contribution in [1.29, 1.82) is 0 Å². The predicted octanol–water partition coefficient (Wildman–Crippen LogP) is 3.98. The molecule has 0 bridgehead atoms. The number of rotatable bonds is 7. The Hall–Kier alpha value is -3.41. The maximum Gasteiger partial charge on any atom is 0.253 e. The number of hydrogen-bond donors (Lipinski definition) is 1. The Bertz CT molecular complexity index is 1080. The van der Waals surface area contributed by atoms with E-state index in [0.717, 1.165) is 35.1 Å². The molecule has 2 heterocycles. The average molecular weight is 432 g/mol. The smallest absolute Gasteiger partial charge is 0.253 e. The zero-order valence-electron chi connectivity index (χ0n) is 18.4. The van der Waals surface area contributed by atoms with Crippen molar-refractivity contribution >= 4 is 22.7 Å². The van der Waals surface area contributed by atoms with Crippen LogP contribution >= 0.6 is 0 Å². The standard InChI is InChI=1S/C26H29N3O3/c1-19-10-12-21(13-11-19)26(31)29-16-4-8-22(18-29)25(30)28-15-5-17-32-23-9-2-6-20-7-3-14-27-24(20)23/h2-3,6-7,9-14,22H,4-5,8,15-18H2,1H3,(H,28,30). The molecule has 6 heteroatoms. The highest BCUT2D eigenvalue weighted by Gasteiger charge is 2.28. The summed E-state index contributed by atoms with van der Waals surface area (Å²) in [5.41, 5.74) is 2.65. The minimum absolute atomic E-state index is 0.000373. The van der Waals surface area contributed by atoms with Gasteiger partial charge >= 0.3 is 0 Å². The van der Waals surface area contributed by atoms with Gasteiger partial charge in [0.1, 0.15) is 11.3 Å². The summed E-state index contributed by atoms with van der Waals surface area (Å²) in [4.78, 5) is 31.6. The van der Waals surface area contributed by atoms with E-state index in [9.17, 15) is 9.59 Å². The van der Waals surface area contributed by atoms with Crippen molar-refractivity contribution in [2.45, 2.75) is 26.2 Å². The number of para-hydroxylation sites is 1. The number of benzene rings is 2. The molecule has 166 valence electrons. The molecule has 6 nitrogen and oxygen atoms in total. The van der Waals surface area contributed by atoms with E-state index in [-0.39, 0.29) is 17.7 Å². The number of carbonyl (C=O) groups is 2. The summed E-state index contributed by atoms with van der Waals surface area (Å²) in [6, 6.07) is 17.4. The van der Waals surface area contributed by atoms with Gasteiger partial charge in [-0.2, -0.15) is 0 Å². The van der Waals surface area contributed by atoms with Crippen LogP contribution in [0, 0.1) is 12.8 Å². The Labute approximate surface area is 188 Å². The minimum atomic E-state index is -0.165.